The van der Waals surface area contributed by atoms with Crippen molar-refractivity contribution in [2.45, 2.75) is 46.6 Å². The predicted molar refractivity (Wildman–Crippen MR) is 101 cm³/mol. The van der Waals surface area contributed by atoms with Gasteiger partial charge < -0.3 is 14.0 Å². The quantitative estimate of drug-likeness (QED) is 0.573. The van der Waals surface area contributed by atoms with E-state index in [-0.39, 0.29) is 0 Å². The van der Waals surface area contributed by atoms with E-state index < -0.39 is 0 Å². The first kappa shape index (κ1) is 17.3. The molecular formula is C21H26N2O2. The Kier molecular flexibility index (Phi) is 5.27. The number of allylic oxidation sites excluding steroid dienone is 4. The summed E-state index contributed by atoms with van der Waals surface area (Å²) in [6.07, 6.45) is 7.75. The molecule has 0 atom stereocenters. The first-order chi connectivity index (χ1) is 12.1. The summed E-state index contributed by atoms with van der Waals surface area (Å²) in [5.74, 6) is 3.69. The van der Waals surface area contributed by atoms with E-state index in [1.54, 1.807) is 7.11 Å². The molecular weight excluding hydrogens is 312 g/mol. The normalized spacial score (nSPS) is 15.0. The molecule has 0 N–H and O–H groups in total. The van der Waals surface area contributed by atoms with Crippen LogP contribution in [0.15, 0.2) is 42.2 Å². The Balaban J connectivity index is 1.83. The average Bonchev–Trinajstić information content (AvgIpc) is 2.96. The van der Waals surface area contributed by atoms with Crippen LogP contribution in [0, 0.1) is 6.92 Å². The number of aromatic nitrogens is 2. The molecule has 2 aromatic rings. The second-order valence-corrected chi connectivity index (χ2v) is 6.35. The van der Waals surface area contributed by atoms with Gasteiger partial charge in [-0.05, 0) is 69.5 Å². The predicted octanol–water partition coefficient (Wildman–Crippen LogP) is 4.92. The summed E-state index contributed by atoms with van der Waals surface area (Å²) in [4.78, 5) is 4.77. The number of imidazole rings is 1. The van der Waals surface area contributed by atoms with Crippen molar-refractivity contribution in [2.24, 2.45) is 0 Å². The van der Waals surface area contributed by atoms with Gasteiger partial charge in [0.2, 0.25) is 0 Å². The van der Waals surface area contributed by atoms with Gasteiger partial charge in [0.1, 0.15) is 23.1 Å². The standard InChI is InChI=1S/C21H26N2O2/c1-5-17(21-16(3)22-20-8-6-7-13-23(20)21)14-15(2)25-19-11-9-18(24-4)10-12-19/h5,9-12,14H,6-8,13H2,1-4H3/b15-14+,17-5+. The third kappa shape index (κ3) is 3.78. The van der Waals surface area contributed by atoms with Gasteiger partial charge in [-0.15, -0.1) is 0 Å². The number of hydrogen-bond acceptors (Lipinski definition) is 3. The Hall–Kier alpha value is -2.49. The minimum atomic E-state index is 0.803. The molecule has 0 unspecified atom stereocenters. The van der Waals surface area contributed by atoms with E-state index in [4.69, 9.17) is 14.5 Å². The molecule has 1 aliphatic rings. The molecule has 1 aliphatic heterocycles. The minimum absolute atomic E-state index is 0.803. The van der Waals surface area contributed by atoms with Crippen molar-refractivity contribution in [1.29, 1.82) is 0 Å². The summed E-state index contributed by atoms with van der Waals surface area (Å²) >= 11 is 0. The molecule has 132 valence electrons. The number of rotatable bonds is 5. The lowest BCUT2D eigenvalue weighted by atomic mass is 10.1. The highest BCUT2D eigenvalue weighted by atomic mass is 16.5. The van der Waals surface area contributed by atoms with Crippen LogP contribution in [-0.4, -0.2) is 16.7 Å². The molecule has 0 fully saturated rings. The van der Waals surface area contributed by atoms with Crippen molar-refractivity contribution in [2.75, 3.05) is 7.11 Å². The second kappa shape index (κ2) is 7.60. The topological polar surface area (TPSA) is 36.3 Å². The maximum atomic E-state index is 5.96. The molecule has 0 saturated carbocycles. The zero-order chi connectivity index (χ0) is 17.8. The van der Waals surface area contributed by atoms with Crippen molar-refractivity contribution in [1.82, 2.24) is 9.55 Å². The van der Waals surface area contributed by atoms with Gasteiger partial charge in [0.25, 0.3) is 0 Å². The molecule has 2 heterocycles. The van der Waals surface area contributed by atoms with Gasteiger partial charge in [0.15, 0.2) is 0 Å². The molecule has 0 saturated heterocycles. The zero-order valence-electron chi connectivity index (χ0n) is 15.5. The molecule has 0 amide bonds. The number of methoxy groups -OCH3 is 1. The maximum Gasteiger partial charge on any atom is 0.127 e. The number of fused-ring (bicyclic) bond motifs is 1. The third-order valence-electron chi connectivity index (χ3n) is 4.53. The summed E-state index contributed by atoms with van der Waals surface area (Å²) in [6, 6.07) is 7.63. The first-order valence-electron chi connectivity index (χ1n) is 8.85. The Bertz CT molecular complexity index is 798. The highest BCUT2D eigenvalue weighted by molar-refractivity contribution is 5.74. The van der Waals surface area contributed by atoms with E-state index >= 15 is 0 Å². The lowest BCUT2D eigenvalue weighted by Crippen LogP contribution is -2.12. The smallest absolute Gasteiger partial charge is 0.127 e. The van der Waals surface area contributed by atoms with Gasteiger partial charge in [-0.2, -0.15) is 0 Å². The summed E-state index contributed by atoms with van der Waals surface area (Å²) < 4.78 is 13.5. The highest BCUT2D eigenvalue weighted by Gasteiger charge is 2.19. The summed E-state index contributed by atoms with van der Waals surface area (Å²) in [6.45, 7) is 7.19. The third-order valence-corrected chi connectivity index (χ3v) is 4.53. The second-order valence-electron chi connectivity index (χ2n) is 6.35. The summed E-state index contributed by atoms with van der Waals surface area (Å²) in [5.41, 5.74) is 3.47. The maximum absolute atomic E-state index is 5.96. The molecule has 4 heteroatoms. The van der Waals surface area contributed by atoms with Crippen molar-refractivity contribution >= 4 is 5.57 Å². The molecule has 0 radical (unpaired) electrons. The summed E-state index contributed by atoms with van der Waals surface area (Å²) in [5, 5.41) is 0. The highest BCUT2D eigenvalue weighted by Crippen LogP contribution is 2.27. The van der Waals surface area contributed by atoms with Gasteiger partial charge in [-0.3, -0.25) is 0 Å². The van der Waals surface area contributed by atoms with Crippen LogP contribution in [0.3, 0.4) is 0 Å². The fourth-order valence-corrected chi connectivity index (χ4v) is 3.35. The number of benzene rings is 1. The van der Waals surface area contributed by atoms with Gasteiger partial charge in [-0.1, -0.05) is 6.08 Å². The van der Waals surface area contributed by atoms with Crippen LogP contribution in [0.2, 0.25) is 0 Å². The van der Waals surface area contributed by atoms with Crippen molar-refractivity contribution in [3.05, 3.63) is 59.4 Å². The molecule has 1 aromatic heterocycles. The van der Waals surface area contributed by atoms with Crippen molar-refractivity contribution in [3.63, 3.8) is 0 Å². The molecule has 0 bridgehead atoms. The van der Waals surface area contributed by atoms with Crippen molar-refractivity contribution in [3.8, 4) is 11.5 Å². The molecule has 4 nitrogen and oxygen atoms in total. The number of hydrogen-bond donors (Lipinski definition) is 0. The Morgan fingerprint density at radius 1 is 1.16 bits per heavy atom. The molecule has 0 spiro atoms. The van der Waals surface area contributed by atoms with E-state index in [0.717, 1.165) is 41.5 Å². The van der Waals surface area contributed by atoms with Crippen LogP contribution in [-0.2, 0) is 13.0 Å². The van der Waals surface area contributed by atoms with Crippen LogP contribution in [0.1, 0.15) is 43.9 Å². The van der Waals surface area contributed by atoms with Gasteiger partial charge in [0.05, 0.1) is 18.5 Å². The van der Waals surface area contributed by atoms with E-state index in [1.165, 1.54) is 24.4 Å². The van der Waals surface area contributed by atoms with Crippen LogP contribution < -0.4 is 9.47 Å². The summed E-state index contributed by atoms with van der Waals surface area (Å²) in [7, 11) is 1.66. The molecule has 0 aliphatic carbocycles. The number of ether oxygens (including phenoxy) is 2. The molecule has 1 aromatic carbocycles. The van der Waals surface area contributed by atoms with E-state index in [0.29, 0.717) is 0 Å². The fourth-order valence-electron chi connectivity index (χ4n) is 3.35. The number of nitrogens with zero attached hydrogens (tertiary/aromatic N) is 2. The van der Waals surface area contributed by atoms with Gasteiger partial charge >= 0.3 is 0 Å². The van der Waals surface area contributed by atoms with Gasteiger partial charge in [0, 0.05) is 13.0 Å². The Morgan fingerprint density at radius 2 is 1.88 bits per heavy atom. The average molecular weight is 338 g/mol. The van der Waals surface area contributed by atoms with Crippen LogP contribution in [0.5, 0.6) is 11.5 Å². The van der Waals surface area contributed by atoms with E-state index in [1.807, 2.05) is 31.2 Å². The zero-order valence-corrected chi connectivity index (χ0v) is 15.5. The first-order valence-corrected chi connectivity index (χ1v) is 8.85. The minimum Gasteiger partial charge on any atom is -0.497 e. The fraction of sp³-hybridized carbons (Fsp3) is 0.381. The Labute approximate surface area is 149 Å². The lowest BCUT2D eigenvalue weighted by Gasteiger charge is -2.17. The lowest BCUT2D eigenvalue weighted by molar-refractivity contribution is 0.408. The Morgan fingerprint density at radius 3 is 2.56 bits per heavy atom. The largest absolute Gasteiger partial charge is 0.497 e. The van der Waals surface area contributed by atoms with Crippen LogP contribution in [0.25, 0.3) is 5.57 Å². The molecule has 3 rings (SSSR count). The van der Waals surface area contributed by atoms with E-state index in [2.05, 4.69) is 30.6 Å². The van der Waals surface area contributed by atoms with E-state index in [9.17, 15) is 0 Å². The van der Waals surface area contributed by atoms with Crippen LogP contribution >= 0.6 is 0 Å². The van der Waals surface area contributed by atoms with Crippen molar-refractivity contribution < 1.29 is 9.47 Å². The number of aryl methyl sites for hydroxylation is 2. The monoisotopic (exact) mass is 338 g/mol. The van der Waals surface area contributed by atoms with Crippen LogP contribution in [0.4, 0.5) is 0 Å². The SMILES string of the molecule is C/C=C(\C=C(/C)Oc1ccc(OC)cc1)c1c(C)nc2n1CCCC2. The molecule has 25 heavy (non-hydrogen) atoms. The van der Waals surface area contributed by atoms with Gasteiger partial charge in [-0.25, -0.2) is 4.98 Å².